The lowest BCUT2D eigenvalue weighted by Crippen LogP contribution is -2.36. The van der Waals surface area contributed by atoms with Crippen molar-refractivity contribution in [2.75, 3.05) is 0 Å². The summed E-state index contributed by atoms with van der Waals surface area (Å²) in [5.74, 6) is 0.450. The van der Waals surface area contributed by atoms with E-state index in [-0.39, 0.29) is 23.1 Å². The third-order valence-electron chi connectivity index (χ3n) is 3.90. The molecular weight excluding hydrogens is 383 g/mol. The van der Waals surface area contributed by atoms with Gasteiger partial charge in [0.25, 0.3) is 5.56 Å². The van der Waals surface area contributed by atoms with E-state index in [9.17, 15) is 9.18 Å². The Morgan fingerprint density at radius 1 is 1.07 bits per heavy atom. The normalized spacial score (nSPS) is 11.3. The molecule has 0 saturated carbocycles. The average Bonchev–Trinajstić information content (AvgIpc) is 2.65. The second-order valence-electron chi connectivity index (χ2n) is 7.18. The lowest BCUT2D eigenvalue weighted by Gasteiger charge is -2.21. The minimum Gasteiger partial charge on any atom is -0.485 e. The molecule has 0 fully saturated rings. The molecule has 1 heterocycles. The summed E-state index contributed by atoms with van der Waals surface area (Å²) in [6.07, 6.45) is 1.44. The molecular formula is C21H20ClFN2O3. The van der Waals surface area contributed by atoms with E-state index in [4.69, 9.17) is 21.1 Å². The summed E-state index contributed by atoms with van der Waals surface area (Å²) >= 11 is 6.15. The van der Waals surface area contributed by atoms with Crippen LogP contribution in [0.4, 0.5) is 4.39 Å². The van der Waals surface area contributed by atoms with E-state index in [1.54, 1.807) is 42.5 Å². The zero-order chi connectivity index (χ0) is 20.3. The van der Waals surface area contributed by atoms with Gasteiger partial charge in [0.2, 0.25) is 0 Å². The fraction of sp³-hybridized carbons (Fsp3) is 0.238. The van der Waals surface area contributed by atoms with E-state index in [2.05, 4.69) is 5.10 Å². The molecule has 0 amide bonds. The summed E-state index contributed by atoms with van der Waals surface area (Å²) in [6, 6.07) is 13.2. The highest BCUT2D eigenvalue weighted by molar-refractivity contribution is 6.31. The van der Waals surface area contributed by atoms with Gasteiger partial charge in [0.05, 0.1) is 11.7 Å². The quantitative estimate of drug-likeness (QED) is 0.591. The fourth-order valence-electron chi connectivity index (χ4n) is 2.47. The van der Waals surface area contributed by atoms with Gasteiger partial charge in [-0.05, 0) is 50.6 Å². The molecule has 2 aromatic carbocycles. The molecule has 0 radical (unpaired) electrons. The van der Waals surface area contributed by atoms with Crippen molar-refractivity contribution in [1.29, 1.82) is 0 Å². The monoisotopic (exact) mass is 402 g/mol. The van der Waals surface area contributed by atoms with Crippen molar-refractivity contribution in [2.24, 2.45) is 0 Å². The van der Waals surface area contributed by atoms with Gasteiger partial charge in [0.15, 0.2) is 22.3 Å². The van der Waals surface area contributed by atoms with Gasteiger partial charge in [-0.3, -0.25) is 4.79 Å². The molecule has 0 aliphatic rings. The molecule has 0 unspecified atom stereocenters. The summed E-state index contributed by atoms with van der Waals surface area (Å²) in [5.41, 5.74) is -0.0508. The molecule has 0 spiro atoms. The Morgan fingerprint density at radius 2 is 1.75 bits per heavy atom. The molecule has 3 rings (SSSR count). The van der Waals surface area contributed by atoms with Gasteiger partial charge in [-0.15, -0.1) is 0 Å². The molecule has 5 nitrogen and oxygen atoms in total. The Morgan fingerprint density at radius 3 is 2.39 bits per heavy atom. The number of hydrogen-bond acceptors (Lipinski definition) is 4. The van der Waals surface area contributed by atoms with Crippen LogP contribution in [0.25, 0.3) is 0 Å². The maximum Gasteiger partial charge on any atom is 0.289 e. The second kappa shape index (κ2) is 8.02. The van der Waals surface area contributed by atoms with E-state index in [0.29, 0.717) is 5.75 Å². The van der Waals surface area contributed by atoms with E-state index >= 15 is 0 Å². The highest BCUT2D eigenvalue weighted by Gasteiger charge is 2.20. The zero-order valence-corrected chi connectivity index (χ0v) is 16.5. The van der Waals surface area contributed by atoms with Gasteiger partial charge < -0.3 is 9.47 Å². The summed E-state index contributed by atoms with van der Waals surface area (Å²) in [6.45, 7) is 5.79. The minimum atomic E-state index is -0.479. The van der Waals surface area contributed by atoms with Crippen LogP contribution in [-0.2, 0) is 12.1 Å². The van der Waals surface area contributed by atoms with E-state index in [1.165, 1.54) is 16.9 Å². The summed E-state index contributed by atoms with van der Waals surface area (Å²) < 4.78 is 26.1. The SMILES string of the molecule is CC(C)(C)n1ncc(OCc2ccc(Oc3ccccc3F)cc2)c(Cl)c1=O. The van der Waals surface area contributed by atoms with Crippen LogP contribution in [0, 0.1) is 5.82 Å². The van der Waals surface area contributed by atoms with Gasteiger partial charge in [-0.1, -0.05) is 35.9 Å². The molecule has 7 heteroatoms. The van der Waals surface area contributed by atoms with Crippen molar-refractivity contribution in [2.45, 2.75) is 32.9 Å². The molecule has 0 N–H and O–H groups in total. The first-order valence-corrected chi connectivity index (χ1v) is 9.06. The molecule has 0 aliphatic carbocycles. The molecule has 1 aromatic heterocycles. The standard InChI is InChI=1S/C21H20ClFN2O3/c1-21(2,3)25-20(26)19(22)18(12-24-25)27-13-14-8-10-15(11-9-14)28-17-7-5-4-6-16(17)23/h4-12H,13H2,1-3H3. The maximum absolute atomic E-state index is 13.6. The number of hydrogen-bond donors (Lipinski definition) is 0. The van der Waals surface area contributed by atoms with Crippen LogP contribution < -0.4 is 15.0 Å². The Hall–Kier alpha value is -2.86. The lowest BCUT2D eigenvalue weighted by atomic mass is 10.1. The highest BCUT2D eigenvalue weighted by Crippen LogP contribution is 2.25. The Kier molecular flexibility index (Phi) is 5.70. The van der Waals surface area contributed by atoms with Crippen LogP contribution in [-0.4, -0.2) is 9.78 Å². The molecule has 0 aliphatic heterocycles. The number of benzene rings is 2. The van der Waals surface area contributed by atoms with Crippen molar-refractivity contribution in [1.82, 2.24) is 9.78 Å². The van der Waals surface area contributed by atoms with Gasteiger partial charge in [0, 0.05) is 0 Å². The highest BCUT2D eigenvalue weighted by atomic mass is 35.5. The van der Waals surface area contributed by atoms with Crippen molar-refractivity contribution >= 4 is 11.6 Å². The van der Waals surface area contributed by atoms with E-state index in [1.807, 2.05) is 20.8 Å². The number of halogens is 2. The van der Waals surface area contributed by atoms with Crippen LogP contribution in [0.2, 0.25) is 5.02 Å². The number of ether oxygens (including phenoxy) is 2. The molecule has 3 aromatic rings. The summed E-state index contributed by atoms with van der Waals surface area (Å²) in [5, 5.41) is 4.12. The maximum atomic E-state index is 13.6. The molecule has 0 atom stereocenters. The van der Waals surface area contributed by atoms with Crippen molar-refractivity contribution in [3.63, 3.8) is 0 Å². The minimum absolute atomic E-state index is 0.00979. The van der Waals surface area contributed by atoms with Crippen LogP contribution >= 0.6 is 11.6 Å². The van der Waals surface area contributed by atoms with E-state index in [0.717, 1.165) is 5.56 Å². The van der Waals surface area contributed by atoms with Crippen molar-refractivity contribution in [3.8, 4) is 17.2 Å². The Bertz CT molecular complexity index is 1030. The summed E-state index contributed by atoms with van der Waals surface area (Å²) in [7, 11) is 0. The Labute approximate surface area is 167 Å². The predicted molar refractivity (Wildman–Crippen MR) is 106 cm³/mol. The van der Waals surface area contributed by atoms with Gasteiger partial charge in [-0.2, -0.15) is 5.10 Å². The van der Waals surface area contributed by atoms with E-state index < -0.39 is 16.9 Å². The second-order valence-corrected chi connectivity index (χ2v) is 7.55. The third-order valence-corrected chi connectivity index (χ3v) is 4.25. The van der Waals surface area contributed by atoms with Crippen molar-refractivity contribution < 1.29 is 13.9 Å². The van der Waals surface area contributed by atoms with Gasteiger partial charge in [-0.25, -0.2) is 9.07 Å². The first-order chi connectivity index (χ1) is 13.3. The summed E-state index contributed by atoms with van der Waals surface area (Å²) in [4.78, 5) is 12.3. The number of para-hydroxylation sites is 1. The molecule has 0 bridgehead atoms. The lowest BCUT2D eigenvalue weighted by molar-refractivity contribution is 0.292. The number of rotatable bonds is 5. The van der Waals surface area contributed by atoms with Crippen LogP contribution in [0.15, 0.2) is 59.5 Å². The van der Waals surface area contributed by atoms with Crippen LogP contribution in [0.3, 0.4) is 0 Å². The smallest absolute Gasteiger partial charge is 0.289 e. The average molecular weight is 403 g/mol. The van der Waals surface area contributed by atoms with Crippen LogP contribution in [0.5, 0.6) is 17.2 Å². The van der Waals surface area contributed by atoms with Gasteiger partial charge in [0.1, 0.15) is 12.4 Å². The third kappa shape index (κ3) is 4.51. The molecule has 28 heavy (non-hydrogen) atoms. The van der Waals surface area contributed by atoms with Crippen LogP contribution in [0.1, 0.15) is 26.3 Å². The van der Waals surface area contributed by atoms with Gasteiger partial charge >= 0.3 is 0 Å². The number of nitrogens with zero attached hydrogens (tertiary/aromatic N) is 2. The predicted octanol–water partition coefficient (Wildman–Crippen LogP) is 5.16. The first-order valence-electron chi connectivity index (χ1n) is 8.68. The topological polar surface area (TPSA) is 53.4 Å². The first kappa shape index (κ1) is 19.9. The fourth-order valence-corrected chi connectivity index (χ4v) is 2.65. The molecule has 0 saturated heterocycles. The van der Waals surface area contributed by atoms with Crippen molar-refractivity contribution in [3.05, 3.63) is 81.5 Å². The zero-order valence-electron chi connectivity index (χ0n) is 15.8. The molecule has 146 valence electrons. The number of aromatic nitrogens is 2. The Balaban J connectivity index is 1.68. The largest absolute Gasteiger partial charge is 0.485 e.